The van der Waals surface area contributed by atoms with E-state index in [1.165, 1.54) is 7.11 Å². The first kappa shape index (κ1) is 22.1. The molecule has 0 fully saturated rings. The van der Waals surface area contributed by atoms with Gasteiger partial charge in [0.1, 0.15) is 5.75 Å². The molecule has 3 aromatic rings. The maximum Gasteiger partial charge on any atom is 0.338 e. The van der Waals surface area contributed by atoms with Gasteiger partial charge < -0.3 is 23.5 Å². The highest BCUT2D eigenvalue weighted by atomic mass is 16.6. The van der Waals surface area contributed by atoms with E-state index >= 15 is 0 Å². The molecule has 0 saturated carbocycles. The summed E-state index contributed by atoms with van der Waals surface area (Å²) >= 11 is 0. The lowest BCUT2D eigenvalue weighted by Crippen LogP contribution is -2.06. The van der Waals surface area contributed by atoms with Crippen LogP contribution in [0.5, 0.6) is 17.2 Å². The van der Waals surface area contributed by atoms with Gasteiger partial charge in [0.15, 0.2) is 18.1 Å². The van der Waals surface area contributed by atoms with Gasteiger partial charge in [0, 0.05) is 0 Å². The standard InChI is InChI=1S/C23H26N2O6/c1-4-6-13-29-19-12-11-16(14-20(19)27-3)23(26)30-15-21-24-22(25-31-21)17-9-7-8-10-18(17)28-5-2/h7-12,14H,4-6,13,15H2,1-3H3. The van der Waals surface area contributed by atoms with Crippen molar-refractivity contribution in [2.75, 3.05) is 20.3 Å². The second-order valence-electron chi connectivity index (χ2n) is 6.58. The molecule has 0 aliphatic heterocycles. The summed E-state index contributed by atoms with van der Waals surface area (Å²) in [5.41, 5.74) is 1.04. The van der Waals surface area contributed by atoms with Crippen LogP contribution in [0.1, 0.15) is 42.9 Å². The highest BCUT2D eigenvalue weighted by molar-refractivity contribution is 5.90. The average molecular weight is 426 g/mol. The van der Waals surface area contributed by atoms with Crippen LogP contribution in [0.15, 0.2) is 47.0 Å². The SMILES string of the molecule is CCCCOc1ccc(C(=O)OCc2nc(-c3ccccc3OCC)no2)cc1OC. The maximum absolute atomic E-state index is 12.4. The normalized spacial score (nSPS) is 10.5. The Labute approximate surface area is 181 Å². The summed E-state index contributed by atoms with van der Waals surface area (Å²) in [4.78, 5) is 16.7. The van der Waals surface area contributed by atoms with Gasteiger partial charge in [-0.25, -0.2) is 4.79 Å². The number of para-hydroxylation sites is 1. The summed E-state index contributed by atoms with van der Waals surface area (Å²) in [6.07, 6.45) is 1.97. The minimum Gasteiger partial charge on any atom is -0.493 e. The molecule has 0 radical (unpaired) electrons. The molecule has 0 atom stereocenters. The third-order valence-electron chi connectivity index (χ3n) is 4.38. The number of nitrogens with zero attached hydrogens (tertiary/aromatic N) is 2. The van der Waals surface area contributed by atoms with E-state index in [0.717, 1.165) is 12.8 Å². The monoisotopic (exact) mass is 426 g/mol. The number of carbonyl (C=O) groups is 1. The quantitative estimate of drug-likeness (QED) is 0.322. The fourth-order valence-electron chi connectivity index (χ4n) is 2.81. The topological polar surface area (TPSA) is 92.9 Å². The van der Waals surface area contributed by atoms with E-state index in [1.54, 1.807) is 18.2 Å². The van der Waals surface area contributed by atoms with Crippen LogP contribution >= 0.6 is 0 Å². The smallest absolute Gasteiger partial charge is 0.338 e. The summed E-state index contributed by atoms with van der Waals surface area (Å²) in [7, 11) is 1.52. The highest BCUT2D eigenvalue weighted by Crippen LogP contribution is 2.29. The number of unbranched alkanes of at least 4 members (excludes halogenated alkanes) is 1. The predicted octanol–water partition coefficient (Wildman–Crippen LogP) is 4.68. The molecule has 164 valence electrons. The lowest BCUT2D eigenvalue weighted by molar-refractivity contribution is 0.0429. The van der Waals surface area contributed by atoms with Crippen molar-refractivity contribution < 1.29 is 28.3 Å². The van der Waals surface area contributed by atoms with Crippen molar-refractivity contribution in [3.8, 4) is 28.6 Å². The van der Waals surface area contributed by atoms with Gasteiger partial charge in [0.2, 0.25) is 5.82 Å². The Hall–Kier alpha value is -3.55. The van der Waals surface area contributed by atoms with Gasteiger partial charge in [0.05, 0.1) is 31.5 Å². The van der Waals surface area contributed by atoms with Crippen LogP contribution in [-0.4, -0.2) is 36.4 Å². The molecule has 0 N–H and O–H groups in total. The molecule has 3 rings (SSSR count). The van der Waals surface area contributed by atoms with Crippen molar-refractivity contribution in [1.29, 1.82) is 0 Å². The van der Waals surface area contributed by atoms with E-state index < -0.39 is 5.97 Å². The van der Waals surface area contributed by atoms with E-state index in [9.17, 15) is 4.79 Å². The molecule has 0 saturated heterocycles. The number of hydrogen-bond donors (Lipinski definition) is 0. The molecule has 2 aromatic carbocycles. The second-order valence-corrected chi connectivity index (χ2v) is 6.58. The molecule has 0 unspecified atom stereocenters. The Bertz CT molecular complexity index is 1000. The first-order chi connectivity index (χ1) is 15.2. The van der Waals surface area contributed by atoms with Crippen LogP contribution in [0.2, 0.25) is 0 Å². The van der Waals surface area contributed by atoms with Gasteiger partial charge in [0.25, 0.3) is 5.89 Å². The second kappa shape index (κ2) is 11.0. The van der Waals surface area contributed by atoms with Gasteiger partial charge in [-0.1, -0.05) is 30.6 Å². The van der Waals surface area contributed by atoms with E-state index in [4.69, 9.17) is 23.5 Å². The van der Waals surface area contributed by atoms with Gasteiger partial charge in [-0.3, -0.25) is 0 Å². The zero-order valence-electron chi connectivity index (χ0n) is 17.9. The van der Waals surface area contributed by atoms with Crippen LogP contribution in [-0.2, 0) is 11.3 Å². The lowest BCUT2D eigenvalue weighted by atomic mass is 10.2. The third-order valence-corrected chi connectivity index (χ3v) is 4.38. The Morgan fingerprint density at radius 3 is 2.65 bits per heavy atom. The molecule has 8 nitrogen and oxygen atoms in total. The number of ether oxygens (including phenoxy) is 4. The summed E-state index contributed by atoms with van der Waals surface area (Å²) in [5.74, 6) is 1.72. The number of methoxy groups -OCH3 is 1. The van der Waals surface area contributed by atoms with Crippen LogP contribution in [0.3, 0.4) is 0 Å². The number of rotatable bonds is 11. The highest BCUT2D eigenvalue weighted by Gasteiger charge is 2.16. The van der Waals surface area contributed by atoms with Gasteiger partial charge in [-0.2, -0.15) is 4.98 Å². The Morgan fingerprint density at radius 1 is 1.03 bits per heavy atom. The molecule has 0 spiro atoms. The molecule has 0 aliphatic rings. The van der Waals surface area contributed by atoms with Crippen molar-refractivity contribution in [2.24, 2.45) is 0 Å². The molecule has 0 bridgehead atoms. The lowest BCUT2D eigenvalue weighted by Gasteiger charge is -2.11. The van der Waals surface area contributed by atoms with Crippen LogP contribution < -0.4 is 14.2 Å². The minimum atomic E-state index is -0.534. The number of esters is 1. The molecule has 1 aromatic heterocycles. The molecular weight excluding hydrogens is 400 g/mol. The first-order valence-corrected chi connectivity index (χ1v) is 10.2. The molecule has 0 amide bonds. The number of benzene rings is 2. The molecule has 1 heterocycles. The Balaban J connectivity index is 1.64. The molecule has 31 heavy (non-hydrogen) atoms. The van der Waals surface area contributed by atoms with E-state index in [1.807, 2.05) is 31.2 Å². The fourth-order valence-corrected chi connectivity index (χ4v) is 2.81. The molecule has 0 aliphatic carbocycles. The minimum absolute atomic E-state index is 0.153. The number of carbonyl (C=O) groups excluding carboxylic acids is 1. The third kappa shape index (κ3) is 5.75. The Morgan fingerprint density at radius 2 is 1.87 bits per heavy atom. The summed E-state index contributed by atoms with van der Waals surface area (Å²) in [6, 6.07) is 12.3. The van der Waals surface area contributed by atoms with Crippen molar-refractivity contribution in [3.05, 3.63) is 53.9 Å². The van der Waals surface area contributed by atoms with Crippen molar-refractivity contribution in [2.45, 2.75) is 33.3 Å². The van der Waals surface area contributed by atoms with Gasteiger partial charge in [-0.05, 0) is 43.7 Å². The fraction of sp³-hybridized carbons (Fsp3) is 0.348. The molecule has 8 heteroatoms. The zero-order chi connectivity index (χ0) is 22.1. The van der Waals surface area contributed by atoms with Gasteiger partial charge in [-0.15, -0.1) is 0 Å². The van der Waals surface area contributed by atoms with Crippen LogP contribution in [0, 0.1) is 0 Å². The van der Waals surface area contributed by atoms with Crippen molar-refractivity contribution in [3.63, 3.8) is 0 Å². The van der Waals surface area contributed by atoms with E-state index in [2.05, 4.69) is 17.1 Å². The van der Waals surface area contributed by atoms with Crippen molar-refractivity contribution >= 4 is 5.97 Å². The predicted molar refractivity (Wildman–Crippen MR) is 113 cm³/mol. The summed E-state index contributed by atoms with van der Waals surface area (Å²) < 4.78 is 27.1. The largest absolute Gasteiger partial charge is 0.493 e. The maximum atomic E-state index is 12.4. The summed E-state index contributed by atoms with van der Waals surface area (Å²) in [5, 5.41) is 3.96. The van der Waals surface area contributed by atoms with Crippen LogP contribution in [0.4, 0.5) is 0 Å². The van der Waals surface area contributed by atoms with E-state index in [-0.39, 0.29) is 12.5 Å². The van der Waals surface area contributed by atoms with E-state index in [0.29, 0.717) is 47.4 Å². The average Bonchev–Trinajstić information content (AvgIpc) is 3.27. The molecular formula is C23H26N2O6. The van der Waals surface area contributed by atoms with Crippen molar-refractivity contribution in [1.82, 2.24) is 10.1 Å². The number of hydrogen-bond acceptors (Lipinski definition) is 8. The Kier molecular flexibility index (Phi) is 7.86. The number of aromatic nitrogens is 2. The zero-order valence-corrected chi connectivity index (χ0v) is 17.9. The first-order valence-electron chi connectivity index (χ1n) is 10.2. The van der Waals surface area contributed by atoms with Crippen LogP contribution in [0.25, 0.3) is 11.4 Å². The summed E-state index contributed by atoms with van der Waals surface area (Å²) in [6.45, 7) is 4.94. The van der Waals surface area contributed by atoms with Gasteiger partial charge >= 0.3 is 5.97 Å².